The molecule has 0 aliphatic rings. The van der Waals surface area contributed by atoms with E-state index in [1.165, 1.54) is 0 Å². The molecule has 3 nitrogen and oxygen atoms in total. The molecule has 1 aromatic heterocycles. The maximum absolute atomic E-state index is 11.4. The van der Waals surface area contributed by atoms with Gasteiger partial charge in [-0.1, -0.05) is 13.8 Å². The number of rotatable bonds is 4. The summed E-state index contributed by atoms with van der Waals surface area (Å²) in [6.45, 7) is 3.57. The molecule has 0 aliphatic heterocycles. The first-order valence-corrected chi connectivity index (χ1v) is 7.37. The van der Waals surface area contributed by atoms with Crippen LogP contribution < -0.4 is 0 Å². The topological polar surface area (TPSA) is 47.0 Å². The average molecular weight is 292 g/mol. The zero-order valence-corrected chi connectivity index (χ0v) is 11.2. The Morgan fingerprint density at radius 1 is 1.47 bits per heavy atom. The zero-order chi connectivity index (χ0) is 11.5. The average Bonchev–Trinajstić information content (AvgIpc) is 2.17. The van der Waals surface area contributed by atoms with E-state index in [2.05, 4.69) is 20.9 Å². The Kier molecular flexibility index (Phi) is 4.28. The van der Waals surface area contributed by atoms with Crippen LogP contribution in [-0.4, -0.2) is 24.9 Å². The minimum atomic E-state index is -2.92. The smallest absolute Gasteiger partial charge is 0.150 e. The summed E-state index contributed by atoms with van der Waals surface area (Å²) in [5.74, 6) is 0.361. The van der Waals surface area contributed by atoms with Gasteiger partial charge >= 0.3 is 0 Å². The van der Waals surface area contributed by atoms with Crippen molar-refractivity contribution in [3.63, 3.8) is 0 Å². The van der Waals surface area contributed by atoms with Crippen LogP contribution in [0.25, 0.3) is 0 Å². The summed E-state index contributed by atoms with van der Waals surface area (Å²) in [6, 6.07) is 1.91. The van der Waals surface area contributed by atoms with E-state index >= 15 is 0 Å². The van der Waals surface area contributed by atoms with Gasteiger partial charge in [0.25, 0.3) is 0 Å². The monoisotopic (exact) mass is 291 g/mol. The number of hydrogen-bond acceptors (Lipinski definition) is 3. The molecule has 0 radical (unpaired) electrons. The molecule has 0 bridgehead atoms. The standard InChI is InChI=1S/C10H14BrNO2S/c1-3-15(13,14)7-8(2)9-4-10(11)6-12-5-9/h4-6,8H,3,7H2,1-2H3. The first-order valence-electron chi connectivity index (χ1n) is 4.75. The van der Waals surface area contributed by atoms with Crippen molar-refractivity contribution in [1.29, 1.82) is 0 Å². The maximum atomic E-state index is 11.4. The van der Waals surface area contributed by atoms with Gasteiger partial charge in [-0.25, -0.2) is 8.42 Å². The molecule has 1 heterocycles. The van der Waals surface area contributed by atoms with Gasteiger partial charge in [-0.05, 0) is 33.5 Å². The molecule has 84 valence electrons. The second kappa shape index (κ2) is 5.07. The Hall–Kier alpha value is -0.420. The van der Waals surface area contributed by atoms with E-state index in [1.54, 1.807) is 19.3 Å². The molecule has 1 rings (SSSR count). The highest BCUT2D eigenvalue weighted by atomic mass is 79.9. The van der Waals surface area contributed by atoms with Gasteiger partial charge in [0.05, 0.1) is 5.75 Å². The number of nitrogens with zero attached hydrogens (tertiary/aromatic N) is 1. The molecule has 1 aromatic rings. The predicted molar refractivity (Wildman–Crippen MR) is 64.7 cm³/mol. The lowest BCUT2D eigenvalue weighted by molar-refractivity contribution is 0.591. The zero-order valence-electron chi connectivity index (χ0n) is 8.77. The second-order valence-electron chi connectivity index (χ2n) is 3.54. The molecule has 1 unspecified atom stereocenters. The summed E-state index contributed by atoms with van der Waals surface area (Å²) >= 11 is 3.32. The molecule has 5 heteroatoms. The van der Waals surface area contributed by atoms with Gasteiger partial charge in [0.1, 0.15) is 0 Å². The largest absolute Gasteiger partial charge is 0.263 e. The van der Waals surface area contributed by atoms with E-state index in [-0.39, 0.29) is 17.4 Å². The van der Waals surface area contributed by atoms with E-state index in [9.17, 15) is 8.42 Å². The molecule has 0 N–H and O–H groups in total. The summed E-state index contributed by atoms with van der Waals surface area (Å²) in [5, 5.41) is 0. The van der Waals surface area contributed by atoms with Gasteiger partial charge in [-0.3, -0.25) is 4.98 Å². The van der Waals surface area contributed by atoms with Crippen LogP contribution in [0.4, 0.5) is 0 Å². The molecular weight excluding hydrogens is 278 g/mol. The van der Waals surface area contributed by atoms with Gasteiger partial charge in [0.15, 0.2) is 9.84 Å². The Balaban J connectivity index is 2.82. The lowest BCUT2D eigenvalue weighted by Gasteiger charge is -2.11. The van der Waals surface area contributed by atoms with Crippen LogP contribution in [0.15, 0.2) is 22.9 Å². The highest BCUT2D eigenvalue weighted by Gasteiger charge is 2.15. The van der Waals surface area contributed by atoms with Gasteiger partial charge in [0, 0.05) is 22.6 Å². The minimum Gasteiger partial charge on any atom is -0.263 e. The number of hydrogen-bond donors (Lipinski definition) is 0. The SMILES string of the molecule is CCS(=O)(=O)CC(C)c1cncc(Br)c1. The summed E-state index contributed by atoms with van der Waals surface area (Å²) in [7, 11) is -2.92. The minimum absolute atomic E-state index is 0.0139. The predicted octanol–water partition coefficient (Wildman–Crippen LogP) is 2.38. The molecule has 1 atom stereocenters. The third-order valence-corrected chi connectivity index (χ3v) is 4.56. The fourth-order valence-corrected chi connectivity index (χ4v) is 2.87. The molecule has 0 amide bonds. The maximum Gasteiger partial charge on any atom is 0.150 e. The molecule has 0 saturated heterocycles. The summed E-state index contributed by atoms with van der Waals surface area (Å²) in [6.07, 6.45) is 3.39. The van der Waals surface area contributed by atoms with Gasteiger partial charge in [0.2, 0.25) is 0 Å². The molecule has 15 heavy (non-hydrogen) atoms. The van der Waals surface area contributed by atoms with Crippen molar-refractivity contribution < 1.29 is 8.42 Å². The lowest BCUT2D eigenvalue weighted by Crippen LogP contribution is -2.14. The van der Waals surface area contributed by atoms with Gasteiger partial charge in [-0.2, -0.15) is 0 Å². The van der Waals surface area contributed by atoms with Crippen molar-refractivity contribution in [1.82, 2.24) is 4.98 Å². The molecule has 0 spiro atoms. The van der Waals surface area contributed by atoms with Crippen LogP contribution in [0.1, 0.15) is 25.3 Å². The quantitative estimate of drug-likeness (QED) is 0.856. The first-order chi connectivity index (χ1) is 6.94. The summed E-state index contributed by atoms with van der Waals surface area (Å²) in [4.78, 5) is 4.02. The van der Waals surface area contributed by atoms with Crippen molar-refractivity contribution in [2.45, 2.75) is 19.8 Å². The molecular formula is C10H14BrNO2S. The fraction of sp³-hybridized carbons (Fsp3) is 0.500. The van der Waals surface area contributed by atoms with Crippen LogP contribution in [0.2, 0.25) is 0 Å². The Bertz CT molecular complexity index is 431. The van der Waals surface area contributed by atoms with Gasteiger partial charge in [-0.15, -0.1) is 0 Å². The van der Waals surface area contributed by atoms with E-state index < -0.39 is 9.84 Å². The first kappa shape index (κ1) is 12.6. The van der Waals surface area contributed by atoms with Crippen LogP contribution in [-0.2, 0) is 9.84 Å². The summed E-state index contributed by atoms with van der Waals surface area (Å²) < 4.78 is 23.7. The summed E-state index contributed by atoms with van der Waals surface area (Å²) in [5.41, 5.74) is 0.946. The molecule has 0 fully saturated rings. The van der Waals surface area contributed by atoms with Crippen molar-refractivity contribution in [2.75, 3.05) is 11.5 Å². The van der Waals surface area contributed by atoms with Crippen molar-refractivity contribution in [2.24, 2.45) is 0 Å². The van der Waals surface area contributed by atoms with Gasteiger partial charge < -0.3 is 0 Å². The highest BCUT2D eigenvalue weighted by molar-refractivity contribution is 9.10. The third kappa shape index (κ3) is 3.91. The molecule has 0 aliphatic carbocycles. The second-order valence-corrected chi connectivity index (χ2v) is 6.85. The van der Waals surface area contributed by atoms with Crippen LogP contribution >= 0.6 is 15.9 Å². The third-order valence-electron chi connectivity index (χ3n) is 2.24. The Morgan fingerprint density at radius 3 is 2.67 bits per heavy atom. The fourth-order valence-electron chi connectivity index (χ4n) is 1.29. The number of aromatic nitrogens is 1. The van der Waals surface area contributed by atoms with E-state index in [4.69, 9.17) is 0 Å². The van der Waals surface area contributed by atoms with Crippen LogP contribution in [0, 0.1) is 0 Å². The van der Waals surface area contributed by atoms with Crippen molar-refractivity contribution in [3.05, 3.63) is 28.5 Å². The van der Waals surface area contributed by atoms with Crippen molar-refractivity contribution in [3.8, 4) is 0 Å². The number of pyridine rings is 1. The number of halogens is 1. The molecule has 0 aromatic carbocycles. The molecule has 0 saturated carbocycles. The Labute approximate surface area is 99.0 Å². The van der Waals surface area contributed by atoms with Crippen LogP contribution in [0.5, 0.6) is 0 Å². The van der Waals surface area contributed by atoms with E-state index in [1.807, 2.05) is 13.0 Å². The normalized spacial score (nSPS) is 13.8. The highest BCUT2D eigenvalue weighted by Crippen LogP contribution is 2.19. The lowest BCUT2D eigenvalue weighted by atomic mass is 10.1. The van der Waals surface area contributed by atoms with Crippen molar-refractivity contribution >= 4 is 25.8 Å². The van der Waals surface area contributed by atoms with E-state index in [0.717, 1.165) is 10.0 Å². The van der Waals surface area contributed by atoms with Crippen LogP contribution in [0.3, 0.4) is 0 Å². The van der Waals surface area contributed by atoms with E-state index in [0.29, 0.717) is 0 Å². The Morgan fingerprint density at radius 2 is 2.13 bits per heavy atom. The number of sulfone groups is 1.